The number of allylic oxidation sites excluding steroid dienone is 1. The summed E-state index contributed by atoms with van der Waals surface area (Å²) in [4.78, 5) is 0. The third-order valence-corrected chi connectivity index (χ3v) is 3.55. The van der Waals surface area contributed by atoms with Gasteiger partial charge in [-0.15, -0.1) is 6.58 Å². The molecule has 0 amide bonds. The molecule has 13 heavy (non-hydrogen) atoms. The number of rotatable bonds is 2. The Hall–Kier alpha value is -0.260. The zero-order valence-corrected chi connectivity index (χ0v) is 9.69. The molecule has 0 heteroatoms. The van der Waals surface area contributed by atoms with Crippen molar-refractivity contribution in [3.63, 3.8) is 0 Å². The van der Waals surface area contributed by atoms with Crippen LogP contribution in [0.4, 0.5) is 0 Å². The highest BCUT2D eigenvalue weighted by atomic mass is 14.4. The second-order valence-corrected chi connectivity index (χ2v) is 5.88. The van der Waals surface area contributed by atoms with Gasteiger partial charge >= 0.3 is 0 Å². The van der Waals surface area contributed by atoms with Gasteiger partial charge in [0.05, 0.1) is 0 Å². The summed E-state index contributed by atoms with van der Waals surface area (Å²) < 4.78 is 0. The molecule has 76 valence electrons. The largest absolute Gasteiger partial charge is 0.103 e. The van der Waals surface area contributed by atoms with E-state index in [2.05, 4.69) is 40.3 Å². The average Bonchev–Trinajstić information content (AvgIpc) is 2.01. The van der Waals surface area contributed by atoms with Gasteiger partial charge in [0.2, 0.25) is 0 Å². The summed E-state index contributed by atoms with van der Waals surface area (Å²) in [6.45, 7) is 13.5. The summed E-state index contributed by atoms with van der Waals surface area (Å²) in [6, 6.07) is 0. The van der Waals surface area contributed by atoms with Gasteiger partial charge in [0.15, 0.2) is 0 Å². The van der Waals surface area contributed by atoms with E-state index < -0.39 is 0 Å². The van der Waals surface area contributed by atoms with E-state index in [1.165, 1.54) is 25.7 Å². The van der Waals surface area contributed by atoms with Crippen LogP contribution in [0, 0.1) is 16.7 Å². The lowest BCUT2D eigenvalue weighted by Crippen LogP contribution is -2.34. The van der Waals surface area contributed by atoms with Gasteiger partial charge in [-0.3, -0.25) is 0 Å². The van der Waals surface area contributed by atoms with Crippen LogP contribution in [0.1, 0.15) is 53.4 Å². The zero-order valence-electron chi connectivity index (χ0n) is 9.69. The summed E-state index contributed by atoms with van der Waals surface area (Å²) in [7, 11) is 0. The minimum absolute atomic E-state index is 0.391. The van der Waals surface area contributed by atoms with Crippen molar-refractivity contribution in [2.45, 2.75) is 53.4 Å². The molecular weight excluding hydrogens is 156 g/mol. The monoisotopic (exact) mass is 180 g/mol. The molecule has 1 fully saturated rings. The van der Waals surface area contributed by atoms with E-state index in [0.717, 1.165) is 5.92 Å². The molecule has 0 aliphatic heterocycles. The first-order chi connectivity index (χ1) is 5.91. The van der Waals surface area contributed by atoms with Crippen LogP contribution in [0.5, 0.6) is 0 Å². The van der Waals surface area contributed by atoms with Crippen molar-refractivity contribution in [3.05, 3.63) is 12.7 Å². The highest BCUT2D eigenvalue weighted by molar-refractivity contribution is 5.00. The lowest BCUT2D eigenvalue weighted by atomic mass is 9.60. The molecule has 0 aromatic heterocycles. The van der Waals surface area contributed by atoms with Crippen molar-refractivity contribution in [1.29, 1.82) is 0 Å². The van der Waals surface area contributed by atoms with Crippen LogP contribution in [0.3, 0.4) is 0 Å². The Kier molecular flexibility index (Phi) is 2.89. The van der Waals surface area contributed by atoms with Crippen molar-refractivity contribution >= 4 is 0 Å². The molecule has 0 aromatic carbocycles. The van der Waals surface area contributed by atoms with Gasteiger partial charge in [-0.1, -0.05) is 40.2 Å². The van der Waals surface area contributed by atoms with E-state index in [1.54, 1.807) is 0 Å². The Morgan fingerprint density at radius 3 is 2.38 bits per heavy atom. The first-order valence-electron chi connectivity index (χ1n) is 5.54. The average molecular weight is 180 g/mol. The zero-order chi connectivity index (χ0) is 10.1. The molecule has 1 rings (SSSR count). The maximum Gasteiger partial charge on any atom is -0.0141 e. The van der Waals surface area contributed by atoms with Crippen LogP contribution in [0.2, 0.25) is 0 Å². The van der Waals surface area contributed by atoms with E-state index >= 15 is 0 Å². The first-order valence-corrected chi connectivity index (χ1v) is 5.54. The van der Waals surface area contributed by atoms with Crippen LogP contribution >= 0.6 is 0 Å². The van der Waals surface area contributed by atoms with Crippen molar-refractivity contribution in [1.82, 2.24) is 0 Å². The summed E-state index contributed by atoms with van der Waals surface area (Å²) in [5, 5.41) is 0. The summed E-state index contributed by atoms with van der Waals surface area (Å²) in [5.74, 6) is 0.909. The molecule has 1 saturated carbocycles. The normalized spacial score (nSPS) is 38.6. The number of hydrogen-bond donors (Lipinski definition) is 0. The third kappa shape index (κ3) is 2.59. The maximum absolute atomic E-state index is 3.99. The molecule has 1 aliphatic rings. The van der Waals surface area contributed by atoms with Gasteiger partial charge in [0, 0.05) is 0 Å². The predicted molar refractivity (Wildman–Crippen MR) is 59.7 cm³/mol. The molecule has 0 aromatic rings. The van der Waals surface area contributed by atoms with Crippen LogP contribution in [0.15, 0.2) is 12.7 Å². The van der Waals surface area contributed by atoms with Crippen molar-refractivity contribution < 1.29 is 0 Å². The van der Waals surface area contributed by atoms with E-state index in [0.29, 0.717) is 10.8 Å². The van der Waals surface area contributed by atoms with Crippen LogP contribution in [-0.4, -0.2) is 0 Å². The quantitative estimate of drug-likeness (QED) is 0.552. The second-order valence-electron chi connectivity index (χ2n) is 5.88. The minimum atomic E-state index is 0.391. The fourth-order valence-electron chi connectivity index (χ4n) is 3.19. The Morgan fingerprint density at radius 2 is 1.92 bits per heavy atom. The predicted octanol–water partition coefficient (Wildman–Crippen LogP) is 4.42. The molecule has 0 nitrogen and oxygen atoms in total. The van der Waals surface area contributed by atoms with E-state index in [4.69, 9.17) is 0 Å². The van der Waals surface area contributed by atoms with Gasteiger partial charge in [-0.2, -0.15) is 0 Å². The maximum atomic E-state index is 3.99. The molecular formula is C13H24. The van der Waals surface area contributed by atoms with Gasteiger partial charge in [-0.05, 0) is 36.0 Å². The minimum Gasteiger partial charge on any atom is -0.103 e. The second kappa shape index (κ2) is 3.48. The molecule has 0 spiro atoms. The lowest BCUT2D eigenvalue weighted by Gasteiger charge is -2.45. The molecule has 0 N–H and O–H groups in total. The van der Waals surface area contributed by atoms with Crippen LogP contribution in [0.25, 0.3) is 0 Å². The van der Waals surface area contributed by atoms with Crippen molar-refractivity contribution in [3.8, 4) is 0 Å². The highest BCUT2D eigenvalue weighted by Gasteiger charge is 2.38. The lowest BCUT2D eigenvalue weighted by molar-refractivity contribution is 0.0857. The molecule has 0 radical (unpaired) electrons. The topological polar surface area (TPSA) is 0 Å². The van der Waals surface area contributed by atoms with Gasteiger partial charge < -0.3 is 0 Å². The highest BCUT2D eigenvalue weighted by Crippen LogP contribution is 2.49. The fraction of sp³-hybridized carbons (Fsp3) is 0.846. The van der Waals surface area contributed by atoms with E-state index in [9.17, 15) is 0 Å². The van der Waals surface area contributed by atoms with Crippen molar-refractivity contribution in [2.24, 2.45) is 16.7 Å². The Bertz CT molecular complexity index is 190. The van der Waals surface area contributed by atoms with Crippen LogP contribution in [-0.2, 0) is 0 Å². The smallest absolute Gasteiger partial charge is 0.0141 e. The third-order valence-electron chi connectivity index (χ3n) is 3.55. The van der Waals surface area contributed by atoms with Gasteiger partial charge in [0.25, 0.3) is 0 Å². The molecule has 2 unspecified atom stereocenters. The summed E-state index contributed by atoms with van der Waals surface area (Å²) in [6.07, 6.45) is 7.55. The van der Waals surface area contributed by atoms with Crippen LogP contribution < -0.4 is 0 Å². The van der Waals surface area contributed by atoms with Gasteiger partial charge in [-0.25, -0.2) is 0 Å². The molecule has 1 aliphatic carbocycles. The standard InChI is InChI=1S/C13H24/c1-6-11-8-12(3,4)10-13(5,7-2)9-11/h7,11H,2,6,8-10H2,1,3-5H3. The van der Waals surface area contributed by atoms with Gasteiger partial charge in [0.1, 0.15) is 0 Å². The Labute approximate surface area is 83.4 Å². The van der Waals surface area contributed by atoms with E-state index in [1.807, 2.05) is 0 Å². The fourth-order valence-corrected chi connectivity index (χ4v) is 3.19. The van der Waals surface area contributed by atoms with E-state index in [-0.39, 0.29) is 0 Å². The molecule has 0 bridgehead atoms. The Balaban J connectivity index is 2.76. The molecule has 0 saturated heterocycles. The Morgan fingerprint density at radius 1 is 1.31 bits per heavy atom. The summed E-state index contributed by atoms with van der Waals surface area (Å²) in [5.41, 5.74) is 0.907. The SMILES string of the molecule is C=CC1(C)CC(CC)CC(C)(C)C1. The summed E-state index contributed by atoms with van der Waals surface area (Å²) >= 11 is 0. The number of hydrogen-bond acceptors (Lipinski definition) is 0. The molecule has 2 atom stereocenters. The first kappa shape index (κ1) is 10.8. The molecule has 0 heterocycles. The van der Waals surface area contributed by atoms with Crippen molar-refractivity contribution in [2.75, 3.05) is 0 Å².